The molecule has 28 heavy (non-hydrogen) atoms. The number of Topliss-reactive ketones (excluding diaryl/α,β-unsaturated/α-hetero) is 2. The molecule has 2 atom stereocenters. The summed E-state index contributed by atoms with van der Waals surface area (Å²) in [5, 5.41) is 0. The van der Waals surface area contributed by atoms with Crippen molar-refractivity contribution in [3.8, 4) is 0 Å². The summed E-state index contributed by atoms with van der Waals surface area (Å²) in [5.74, 6) is -2.31. The van der Waals surface area contributed by atoms with Crippen molar-refractivity contribution in [1.29, 1.82) is 0 Å². The third-order valence-electron chi connectivity index (χ3n) is 5.00. The molecule has 0 aliphatic carbocycles. The van der Waals surface area contributed by atoms with E-state index in [9.17, 15) is 14.4 Å². The molecule has 1 fully saturated rings. The molecular weight excluding hydrogens is 358 g/mol. The molecule has 7 heteroatoms. The third-order valence-corrected chi connectivity index (χ3v) is 5.00. The highest BCUT2D eigenvalue weighted by atomic mass is 16.3. The Labute approximate surface area is 161 Å². The first-order chi connectivity index (χ1) is 13.7. The molecule has 3 heterocycles. The van der Waals surface area contributed by atoms with Gasteiger partial charge in [0.15, 0.2) is 5.78 Å². The van der Waals surface area contributed by atoms with Crippen molar-refractivity contribution in [3.05, 3.63) is 78.8 Å². The minimum absolute atomic E-state index is 0.354. The number of nitrogens with one attached hydrogen (secondary N) is 1. The largest absolute Gasteiger partial charge is 0.467 e. The van der Waals surface area contributed by atoms with Gasteiger partial charge in [-0.05, 0) is 12.1 Å². The second-order valence-corrected chi connectivity index (χ2v) is 6.73. The molecule has 0 radical (unpaired) electrons. The minimum atomic E-state index is -1.10. The molecule has 0 bridgehead atoms. The summed E-state index contributed by atoms with van der Waals surface area (Å²) in [6, 6.07) is 11.3. The Kier molecular flexibility index (Phi) is 4.89. The predicted octanol–water partition coefficient (Wildman–Crippen LogP) is 1.94. The van der Waals surface area contributed by atoms with Gasteiger partial charge in [0.1, 0.15) is 30.1 Å². The fourth-order valence-electron chi connectivity index (χ4n) is 3.67. The first-order valence-electron chi connectivity index (χ1n) is 9.16. The number of aromatic nitrogens is 2. The third kappa shape index (κ3) is 3.26. The summed E-state index contributed by atoms with van der Waals surface area (Å²) >= 11 is 0. The lowest BCUT2D eigenvalue weighted by Gasteiger charge is -2.24. The number of benzene rings is 1. The van der Waals surface area contributed by atoms with E-state index in [1.807, 2.05) is 23.3 Å². The number of imidazole rings is 1. The Bertz CT molecular complexity index is 965. The van der Waals surface area contributed by atoms with Crippen molar-refractivity contribution in [2.75, 3.05) is 6.54 Å². The fourth-order valence-corrected chi connectivity index (χ4v) is 3.67. The van der Waals surface area contributed by atoms with Crippen molar-refractivity contribution in [2.24, 2.45) is 5.92 Å². The van der Waals surface area contributed by atoms with Crippen LogP contribution >= 0.6 is 0 Å². The number of nitrogens with zero attached hydrogens (tertiary/aromatic N) is 2. The first-order valence-corrected chi connectivity index (χ1v) is 9.16. The number of hydrogen-bond donors (Lipinski definition) is 1. The summed E-state index contributed by atoms with van der Waals surface area (Å²) in [7, 11) is 0. The fraction of sp³-hybridized carbons (Fsp3) is 0.238. The van der Waals surface area contributed by atoms with Gasteiger partial charge in [-0.25, -0.2) is 4.57 Å². The van der Waals surface area contributed by atoms with E-state index in [0.717, 1.165) is 0 Å². The maximum atomic E-state index is 13.1. The van der Waals surface area contributed by atoms with E-state index in [0.29, 0.717) is 30.8 Å². The molecule has 1 aromatic carbocycles. The average Bonchev–Trinajstić information content (AvgIpc) is 3.46. The zero-order valence-electron chi connectivity index (χ0n) is 15.2. The van der Waals surface area contributed by atoms with Crippen LogP contribution in [0.1, 0.15) is 28.6 Å². The quantitative estimate of drug-likeness (QED) is 0.295. The number of hydrogen-bond acceptors (Lipinski definition) is 4. The normalized spacial score (nSPS) is 19.4. The topological polar surface area (TPSA) is 87.3 Å². The number of furan rings is 1. The van der Waals surface area contributed by atoms with Crippen molar-refractivity contribution in [1.82, 2.24) is 9.88 Å². The van der Waals surface area contributed by atoms with Gasteiger partial charge in [-0.2, -0.15) is 0 Å². The lowest BCUT2D eigenvalue weighted by atomic mass is 9.89. The highest BCUT2D eigenvalue weighted by Gasteiger charge is 2.52. The molecule has 142 valence electrons. The molecule has 1 aliphatic rings. The van der Waals surface area contributed by atoms with E-state index in [4.69, 9.17) is 4.42 Å². The zero-order valence-corrected chi connectivity index (χ0v) is 15.2. The van der Waals surface area contributed by atoms with Crippen molar-refractivity contribution >= 4 is 17.5 Å². The number of carbonyl (C=O) groups excluding carboxylic acids is 3. The second kappa shape index (κ2) is 7.64. The van der Waals surface area contributed by atoms with Gasteiger partial charge in [0.2, 0.25) is 12.1 Å². The molecule has 2 unspecified atom stereocenters. The van der Waals surface area contributed by atoms with Gasteiger partial charge in [0, 0.05) is 18.5 Å². The van der Waals surface area contributed by atoms with Gasteiger partial charge >= 0.3 is 0 Å². The van der Waals surface area contributed by atoms with Crippen molar-refractivity contribution in [3.63, 3.8) is 0 Å². The van der Waals surface area contributed by atoms with E-state index in [2.05, 4.69) is 4.98 Å². The molecule has 1 aliphatic heterocycles. The standard InChI is InChI=1S/C21H19N3O4/c25-19(15-6-2-1-3-7-15)17-18(16-8-4-13-28-16)24(21(27)20(17)26)11-5-10-23-12-9-22-14-23/h1-4,6-9,12-14,17-18H,5,10-11H2/p+1. The Balaban J connectivity index is 1.61. The Morgan fingerprint density at radius 2 is 1.96 bits per heavy atom. The van der Waals surface area contributed by atoms with E-state index in [1.54, 1.807) is 42.5 Å². The number of ketones is 2. The molecule has 2 aromatic heterocycles. The lowest BCUT2D eigenvalue weighted by Crippen LogP contribution is -2.36. The summed E-state index contributed by atoms with van der Waals surface area (Å²) in [6.07, 6.45) is 7.65. The number of H-pyrrole nitrogens is 1. The van der Waals surface area contributed by atoms with Gasteiger partial charge in [-0.1, -0.05) is 30.3 Å². The maximum Gasteiger partial charge on any atom is 0.291 e. The number of amides is 1. The van der Waals surface area contributed by atoms with E-state index < -0.39 is 23.7 Å². The van der Waals surface area contributed by atoms with Crippen molar-refractivity contribution < 1.29 is 23.4 Å². The van der Waals surface area contributed by atoms with Gasteiger partial charge in [0.05, 0.1) is 12.8 Å². The Hall–Kier alpha value is -3.48. The van der Waals surface area contributed by atoms with Crippen LogP contribution in [-0.2, 0) is 16.1 Å². The van der Waals surface area contributed by atoms with Crippen LogP contribution in [0.15, 0.2) is 71.9 Å². The Morgan fingerprint density at radius 3 is 2.64 bits per heavy atom. The molecule has 3 aromatic rings. The van der Waals surface area contributed by atoms with Crippen LogP contribution < -0.4 is 4.57 Å². The second-order valence-electron chi connectivity index (χ2n) is 6.73. The number of aromatic amines is 1. The molecule has 0 saturated carbocycles. The predicted molar refractivity (Wildman–Crippen MR) is 98.0 cm³/mol. The van der Waals surface area contributed by atoms with Crippen LogP contribution in [0.4, 0.5) is 0 Å². The molecular formula is C21H20N3O4+. The smallest absolute Gasteiger partial charge is 0.291 e. The number of rotatable bonds is 7. The lowest BCUT2D eigenvalue weighted by molar-refractivity contribution is -0.695. The minimum Gasteiger partial charge on any atom is -0.467 e. The van der Waals surface area contributed by atoms with Crippen LogP contribution in [0, 0.1) is 5.92 Å². The highest BCUT2D eigenvalue weighted by molar-refractivity contribution is 6.43. The maximum absolute atomic E-state index is 13.1. The molecule has 1 saturated heterocycles. The van der Waals surface area contributed by atoms with E-state index in [-0.39, 0.29) is 5.78 Å². The summed E-state index contributed by atoms with van der Waals surface area (Å²) in [6.45, 7) is 1.04. The number of aryl methyl sites for hydroxylation is 1. The van der Waals surface area contributed by atoms with Gasteiger partial charge in [-0.15, -0.1) is 0 Å². The van der Waals surface area contributed by atoms with Crippen LogP contribution in [-0.4, -0.2) is 33.9 Å². The van der Waals surface area contributed by atoms with Gasteiger partial charge in [-0.3, -0.25) is 19.4 Å². The van der Waals surface area contributed by atoms with Crippen LogP contribution in [0.5, 0.6) is 0 Å². The number of likely N-dealkylation sites (tertiary alicyclic amines) is 1. The van der Waals surface area contributed by atoms with E-state index in [1.165, 1.54) is 11.2 Å². The average molecular weight is 378 g/mol. The van der Waals surface area contributed by atoms with Crippen molar-refractivity contribution in [2.45, 2.75) is 19.0 Å². The van der Waals surface area contributed by atoms with Crippen LogP contribution in [0.25, 0.3) is 0 Å². The summed E-state index contributed by atoms with van der Waals surface area (Å²) in [4.78, 5) is 43.0. The summed E-state index contributed by atoms with van der Waals surface area (Å²) < 4.78 is 7.46. The Morgan fingerprint density at radius 1 is 1.14 bits per heavy atom. The molecule has 1 amide bonds. The SMILES string of the molecule is O=C1C(=O)N(CCC[n+]2cc[nH]c2)C(c2ccco2)C1C(=O)c1ccccc1. The van der Waals surface area contributed by atoms with Crippen LogP contribution in [0.3, 0.4) is 0 Å². The van der Waals surface area contributed by atoms with Crippen LogP contribution in [0.2, 0.25) is 0 Å². The molecule has 7 nitrogen and oxygen atoms in total. The monoisotopic (exact) mass is 378 g/mol. The van der Waals surface area contributed by atoms with E-state index >= 15 is 0 Å². The summed E-state index contributed by atoms with van der Waals surface area (Å²) in [5.41, 5.74) is 0.412. The zero-order chi connectivity index (χ0) is 19.5. The highest BCUT2D eigenvalue weighted by Crippen LogP contribution is 2.38. The van der Waals surface area contributed by atoms with Gasteiger partial charge < -0.3 is 9.32 Å². The van der Waals surface area contributed by atoms with Gasteiger partial charge in [0.25, 0.3) is 5.91 Å². The molecule has 0 spiro atoms. The first kappa shape index (κ1) is 17.9. The molecule has 1 N–H and O–H groups in total. The molecule has 4 rings (SSSR count). The number of carbonyl (C=O) groups is 3.